The van der Waals surface area contributed by atoms with E-state index in [2.05, 4.69) is 5.32 Å². The van der Waals surface area contributed by atoms with Gasteiger partial charge in [-0.05, 0) is 49.3 Å². The molecule has 2 rings (SSSR count). The molecule has 2 unspecified atom stereocenters. The van der Waals surface area contributed by atoms with Crippen LogP contribution in [-0.4, -0.2) is 44.3 Å². The van der Waals surface area contributed by atoms with Crippen LogP contribution in [0.1, 0.15) is 37.2 Å². The van der Waals surface area contributed by atoms with E-state index in [9.17, 15) is 0 Å². The van der Waals surface area contributed by atoms with Crippen LogP contribution in [0.3, 0.4) is 0 Å². The Bertz CT molecular complexity index is 467. The fraction of sp³-hybridized carbons (Fsp3) is 0.647. The van der Waals surface area contributed by atoms with Crippen LogP contribution in [0, 0.1) is 0 Å². The number of aliphatic hydroxyl groups excluding tert-OH is 1. The first kappa shape index (κ1) is 19.0. The summed E-state index contributed by atoms with van der Waals surface area (Å²) < 4.78 is 11.4. The first-order valence-electron chi connectivity index (χ1n) is 8.20. The van der Waals surface area contributed by atoms with Crippen LogP contribution >= 0.6 is 23.2 Å². The van der Waals surface area contributed by atoms with E-state index in [-0.39, 0.29) is 18.8 Å². The number of benzene rings is 1. The van der Waals surface area contributed by atoms with Gasteiger partial charge < -0.3 is 19.9 Å². The highest BCUT2D eigenvalue weighted by molar-refractivity contribution is 6.42. The van der Waals surface area contributed by atoms with Crippen LogP contribution in [-0.2, 0) is 9.47 Å². The summed E-state index contributed by atoms with van der Waals surface area (Å²) in [7, 11) is 0. The van der Waals surface area contributed by atoms with Crippen molar-refractivity contribution >= 4 is 23.2 Å². The van der Waals surface area contributed by atoms with Crippen molar-refractivity contribution in [2.75, 3.05) is 32.9 Å². The van der Waals surface area contributed by atoms with E-state index in [0.717, 1.165) is 38.0 Å². The molecule has 0 aromatic heterocycles. The van der Waals surface area contributed by atoms with Crippen molar-refractivity contribution in [3.8, 4) is 0 Å². The van der Waals surface area contributed by atoms with Gasteiger partial charge in [-0.3, -0.25) is 0 Å². The molecule has 1 saturated heterocycles. The van der Waals surface area contributed by atoms with Crippen molar-refractivity contribution in [1.82, 2.24) is 5.32 Å². The molecule has 1 aliphatic rings. The highest BCUT2D eigenvalue weighted by Crippen LogP contribution is 2.28. The smallest absolute Gasteiger partial charge is 0.157 e. The molecule has 6 heteroatoms. The Morgan fingerprint density at radius 2 is 2.17 bits per heavy atom. The standard InChI is InChI=1S/C17H25Cl2NO3/c18-15-5-4-13(11-16(15)19)14(12-20-7-8-21)6-10-23-17-3-1-2-9-22-17/h4-5,11,14,17,20-21H,1-3,6-10,12H2. The first-order valence-corrected chi connectivity index (χ1v) is 8.96. The number of aliphatic hydroxyl groups is 1. The lowest BCUT2D eigenvalue weighted by Gasteiger charge is -2.24. The lowest BCUT2D eigenvalue weighted by Crippen LogP contribution is -2.27. The van der Waals surface area contributed by atoms with Gasteiger partial charge in [0, 0.05) is 19.7 Å². The van der Waals surface area contributed by atoms with Crippen LogP contribution in [0.4, 0.5) is 0 Å². The Morgan fingerprint density at radius 1 is 1.30 bits per heavy atom. The van der Waals surface area contributed by atoms with Crippen LogP contribution in [0.2, 0.25) is 10.0 Å². The van der Waals surface area contributed by atoms with Crippen LogP contribution in [0.25, 0.3) is 0 Å². The third kappa shape index (κ3) is 6.57. The Hall–Kier alpha value is -0.360. The van der Waals surface area contributed by atoms with E-state index in [1.165, 1.54) is 6.42 Å². The third-order valence-corrected chi connectivity index (χ3v) is 4.74. The molecular formula is C17H25Cl2NO3. The zero-order valence-corrected chi connectivity index (χ0v) is 14.8. The largest absolute Gasteiger partial charge is 0.395 e. The van der Waals surface area contributed by atoms with Crippen molar-refractivity contribution in [3.63, 3.8) is 0 Å². The minimum absolute atomic E-state index is 0.0661. The minimum Gasteiger partial charge on any atom is -0.395 e. The van der Waals surface area contributed by atoms with E-state index in [4.69, 9.17) is 37.8 Å². The van der Waals surface area contributed by atoms with Crippen molar-refractivity contribution in [3.05, 3.63) is 33.8 Å². The average molecular weight is 362 g/mol. The summed E-state index contributed by atoms with van der Waals surface area (Å²) in [6.07, 6.45) is 4.05. The summed E-state index contributed by atoms with van der Waals surface area (Å²) in [6, 6.07) is 5.73. The summed E-state index contributed by atoms with van der Waals surface area (Å²) >= 11 is 12.1. The molecule has 130 valence electrons. The summed E-state index contributed by atoms with van der Waals surface area (Å²) in [4.78, 5) is 0. The molecule has 1 aromatic rings. The van der Waals surface area contributed by atoms with Gasteiger partial charge in [-0.2, -0.15) is 0 Å². The summed E-state index contributed by atoms with van der Waals surface area (Å²) in [5.41, 5.74) is 1.12. The van der Waals surface area contributed by atoms with Gasteiger partial charge in [0.05, 0.1) is 23.3 Å². The second-order valence-electron chi connectivity index (χ2n) is 5.75. The van der Waals surface area contributed by atoms with Crippen molar-refractivity contribution in [2.45, 2.75) is 37.9 Å². The Kier molecular flexibility index (Phi) is 8.66. The van der Waals surface area contributed by atoms with Gasteiger partial charge in [0.2, 0.25) is 0 Å². The maximum absolute atomic E-state index is 8.93. The highest BCUT2D eigenvalue weighted by atomic mass is 35.5. The van der Waals surface area contributed by atoms with Gasteiger partial charge in [-0.1, -0.05) is 29.3 Å². The average Bonchev–Trinajstić information content (AvgIpc) is 2.57. The maximum atomic E-state index is 8.93. The molecule has 1 fully saturated rings. The molecule has 4 nitrogen and oxygen atoms in total. The number of rotatable bonds is 9. The summed E-state index contributed by atoms with van der Waals surface area (Å²) in [5, 5.41) is 13.3. The molecule has 2 atom stereocenters. The zero-order chi connectivity index (χ0) is 16.5. The molecule has 1 aromatic carbocycles. The predicted octanol–water partition coefficient (Wildman–Crippen LogP) is 3.59. The molecule has 0 aliphatic carbocycles. The molecule has 1 aliphatic heterocycles. The van der Waals surface area contributed by atoms with Crippen LogP contribution < -0.4 is 5.32 Å². The SMILES string of the molecule is OCCNCC(CCOC1CCCCO1)c1ccc(Cl)c(Cl)c1. The van der Waals surface area contributed by atoms with E-state index < -0.39 is 0 Å². The predicted molar refractivity (Wildman–Crippen MR) is 93.3 cm³/mol. The van der Waals surface area contributed by atoms with E-state index in [0.29, 0.717) is 23.2 Å². The maximum Gasteiger partial charge on any atom is 0.157 e. The molecule has 2 N–H and O–H groups in total. The number of hydrogen-bond acceptors (Lipinski definition) is 4. The van der Waals surface area contributed by atoms with E-state index in [1.807, 2.05) is 18.2 Å². The number of nitrogens with one attached hydrogen (secondary N) is 1. The van der Waals surface area contributed by atoms with Gasteiger partial charge >= 0.3 is 0 Å². The second kappa shape index (κ2) is 10.5. The highest BCUT2D eigenvalue weighted by Gasteiger charge is 2.17. The van der Waals surface area contributed by atoms with Gasteiger partial charge in [0.15, 0.2) is 6.29 Å². The molecule has 23 heavy (non-hydrogen) atoms. The number of halogens is 2. The lowest BCUT2D eigenvalue weighted by atomic mass is 9.96. The Balaban J connectivity index is 1.88. The van der Waals surface area contributed by atoms with Gasteiger partial charge in [-0.15, -0.1) is 0 Å². The zero-order valence-electron chi connectivity index (χ0n) is 13.3. The van der Waals surface area contributed by atoms with E-state index >= 15 is 0 Å². The summed E-state index contributed by atoms with van der Waals surface area (Å²) in [5.74, 6) is 0.250. The van der Waals surface area contributed by atoms with Crippen molar-refractivity contribution < 1.29 is 14.6 Å². The topological polar surface area (TPSA) is 50.7 Å². The number of ether oxygens (including phenoxy) is 2. The fourth-order valence-electron chi connectivity index (χ4n) is 2.69. The molecule has 0 saturated carbocycles. The first-order chi connectivity index (χ1) is 11.2. The molecule has 0 spiro atoms. The van der Waals surface area contributed by atoms with Crippen molar-refractivity contribution in [2.24, 2.45) is 0 Å². The molecule has 0 radical (unpaired) electrons. The quantitative estimate of drug-likeness (QED) is 0.659. The van der Waals surface area contributed by atoms with E-state index in [1.54, 1.807) is 0 Å². The van der Waals surface area contributed by atoms with Gasteiger partial charge in [0.1, 0.15) is 0 Å². The van der Waals surface area contributed by atoms with Crippen LogP contribution in [0.5, 0.6) is 0 Å². The van der Waals surface area contributed by atoms with Gasteiger partial charge in [-0.25, -0.2) is 0 Å². The lowest BCUT2D eigenvalue weighted by molar-refractivity contribution is -0.163. The molecule has 1 heterocycles. The van der Waals surface area contributed by atoms with Crippen molar-refractivity contribution in [1.29, 1.82) is 0 Å². The molecular weight excluding hydrogens is 337 g/mol. The molecule has 0 bridgehead atoms. The van der Waals surface area contributed by atoms with Crippen LogP contribution in [0.15, 0.2) is 18.2 Å². The Morgan fingerprint density at radius 3 is 2.87 bits per heavy atom. The molecule has 0 amide bonds. The summed E-state index contributed by atoms with van der Waals surface area (Å²) in [6.45, 7) is 2.88. The fourth-order valence-corrected chi connectivity index (χ4v) is 3.00. The Labute approximate surface area is 148 Å². The second-order valence-corrected chi connectivity index (χ2v) is 6.57. The minimum atomic E-state index is -0.0661. The normalized spacial score (nSPS) is 19.7. The third-order valence-electron chi connectivity index (χ3n) is 4.00. The number of hydrogen-bond donors (Lipinski definition) is 2. The monoisotopic (exact) mass is 361 g/mol. The van der Waals surface area contributed by atoms with Gasteiger partial charge in [0.25, 0.3) is 0 Å².